The van der Waals surface area contributed by atoms with Crippen molar-refractivity contribution in [2.45, 2.75) is 108 Å². The normalized spacial score (nSPS) is 28.3. The second-order valence-corrected chi connectivity index (χ2v) is 17.4. The molecule has 0 bridgehead atoms. The maximum Gasteiger partial charge on any atom is 0.328 e. The lowest BCUT2D eigenvalue weighted by Gasteiger charge is -2.42. The number of hydrogen-bond acceptors (Lipinski definition) is 10. The van der Waals surface area contributed by atoms with Crippen molar-refractivity contribution in [2.75, 3.05) is 46.4 Å². The highest BCUT2D eigenvalue weighted by atomic mass is 16.5. The molecule has 1 aliphatic carbocycles. The summed E-state index contributed by atoms with van der Waals surface area (Å²) in [5, 5.41) is 19.3. The van der Waals surface area contributed by atoms with Crippen LogP contribution in [-0.2, 0) is 64.0 Å². The number of benzene rings is 2. The third-order valence-electron chi connectivity index (χ3n) is 12.5. The molecular formula is C44H57N7O9. The largest absolute Gasteiger partial charge is 0.461 e. The number of aliphatic hydroxyl groups excluding tert-OH is 1. The predicted molar refractivity (Wildman–Crippen MR) is 218 cm³/mol. The average Bonchev–Trinajstić information content (AvgIpc) is 3.95. The third-order valence-corrected chi connectivity index (χ3v) is 12.5. The number of likely N-dealkylation sites (N-methyl/N-ethyl adjacent to an activating group) is 1. The molecule has 0 spiro atoms. The summed E-state index contributed by atoms with van der Waals surface area (Å²) >= 11 is 0. The van der Waals surface area contributed by atoms with Gasteiger partial charge in [0.1, 0.15) is 42.9 Å². The first-order chi connectivity index (χ1) is 28.6. The lowest BCUT2D eigenvalue weighted by molar-refractivity contribution is -0.158. The van der Waals surface area contributed by atoms with E-state index < -0.39 is 90.4 Å². The van der Waals surface area contributed by atoms with Crippen molar-refractivity contribution >= 4 is 41.4 Å². The number of ether oxygens (including phenoxy) is 1. The molecule has 8 atom stereocenters. The van der Waals surface area contributed by atoms with E-state index in [9.17, 15) is 38.7 Å². The van der Waals surface area contributed by atoms with Gasteiger partial charge in [-0.1, -0.05) is 55.0 Å². The van der Waals surface area contributed by atoms with Crippen LogP contribution in [-0.4, -0.2) is 155 Å². The lowest BCUT2D eigenvalue weighted by atomic mass is 10.0. The van der Waals surface area contributed by atoms with Crippen LogP contribution in [0.4, 0.5) is 0 Å². The molecule has 4 N–H and O–H groups in total. The predicted octanol–water partition coefficient (Wildman–Crippen LogP) is -0.359. The summed E-state index contributed by atoms with van der Waals surface area (Å²) in [7, 11) is 1.81. The molecule has 16 heteroatoms. The number of carbonyl (C=O) groups excluding carboxylic acids is 7. The van der Waals surface area contributed by atoms with Crippen LogP contribution >= 0.6 is 0 Å². The highest BCUT2D eigenvalue weighted by Crippen LogP contribution is 2.27. The van der Waals surface area contributed by atoms with Crippen molar-refractivity contribution < 1.29 is 43.4 Å². The summed E-state index contributed by atoms with van der Waals surface area (Å²) in [6, 6.07) is 6.53. The Kier molecular flexibility index (Phi) is 12.9. The maximum atomic E-state index is 14.7. The molecule has 4 heterocycles. The number of hydrogen-bond donors (Lipinski definition) is 4. The van der Waals surface area contributed by atoms with Gasteiger partial charge in [0.05, 0.1) is 12.5 Å². The monoisotopic (exact) mass is 827 g/mol. The molecule has 322 valence electrons. The number of fused-ring (bicyclic) bond motifs is 4. The van der Waals surface area contributed by atoms with Crippen LogP contribution in [0, 0.1) is 12.8 Å². The van der Waals surface area contributed by atoms with Gasteiger partial charge < -0.3 is 45.4 Å². The van der Waals surface area contributed by atoms with Crippen molar-refractivity contribution in [1.29, 1.82) is 0 Å². The SMILES string of the molecule is Cc1cccc(C[C@H](NC(=O)Cc2ccc3c(c2)CCC3)C(=O)N[C@H]2COC(=O)[C@@H]3C[C@@H](C)CN3C(=O)[C@H](C)NC(=O)[C@@H]3CN(C)CCN3C(=O)[C@@H]3C[C@@H](O)CN3C2=O)c1. The number of nitrogens with one attached hydrogen (secondary N) is 3. The summed E-state index contributed by atoms with van der Waals surface area (Å²) in [6.45, 7) is 5.43. The van der Waals surface area contributed by atoms with Crippen molar-refractivity contribution in [3.63, 3.8) is 0 Å². The molecule has 6 amide bonds. The summed E-state index contributed by atoms with van der Waals surface area (Å²) in [5.74, 6) is -4.40. The zero-order valence-corrected chi connectivity index (χ0v) is 34.9. The Bertz CT molecular complexity index is 2030. The number of rotatable bonds is 7. The van der Waals surface area contributed by atoms with E-state index in [2.05, 4.69) is 16.0 Å². The smallest absolute Gasteiger partial charge is 0.328 e. The molecule has 0 radical (unpaired) electrons. The highest BCUT2D eigenvalue weighted by molar-refractivity contribution is 5.98. The molecule has 60 heavy (non-hydrogen) atoms. The molecule has 0 aromatic heterocycles. The number of nitrogens with zero attached hydrogens (tertiary/aromatic N) is 4. The van der Waals surface area contributed by atoms with Crippen LogP contribution in [0.2, 0.25) is 0 Å². The molecule has 2 aromatic carbocycles. The van der Waals surface area contributed by atoms with Crippen LogP contribution in [0.3, 0.4) is 0 Å². The quantitative estimate of drug-likeness (QED) is 0.268. The highest BCUT2D eigenvalue weighted by Gasteiger charge is 2.48. The molecular weight excluding hydrogens is 771 g/mol. The van der Waals surface area contributed by atoms with Crippen molar-refractivity contribution in [2.24, 2.45) is 5.92 Å². The van der Waals surface area contributed by atoms with Gasteiger partial charge in [-0.05, 0) is 74.8 Å². The molecule has 4 aliphatic heterocycles. The van der Waals surface area contributed by atoms with Gasteiger partial charge in [-0.2, -0.15) is 0 Å². The molecule has 16 nitrogen and oxygen atoms in total. The van der Waals surface area contributed by atoms with Crippen molar-refractivity contribution in [3.05, 3.63) is 70.3 Å². The van der Waals surface area contributed by atoms with Gasteiger partial charge >= 0.3 is 5.97 Å². The van der Waals surface area contributed by atoms with Crippen LogP contribution < -0.4 is 16.0 Å². The second-order valence-electron chi connectivity index (χ2n) is 17.4. The third kappa shape index (κ3) is 9.49. The Morgan fingerprint density at radius 2 is 1.62 bits per heavy atom. The fourth-order valence-electron chi connectivity index (χ4n) is 9.38. The maximum absolute atomic E-state index is 14.7. The van der Waals surface area contributed by atoms with Gasteiger partial charge in [-0.3, -0.25) is 28.8 Å². The summed E-state index contributed by atoms with van der Waals surface area (Å²) in [6.07, 6.45) is 2.18. The van der Waals surface area contributed by atoms with Crippen LogP contribution in [0.25, 0.3) is 0 Å². The molecule has 0 saturated carbocycles. The standard InChI is InChI=1S/C44H57N7O9/c1-25-7-5-8-28(15-25)18-33(46-38(53)19-29-11-12-30-9-6-10-31(30)17-29)39(54)47-34-24-60-44(59)36-16-26(2)21-50(36)41(56)27(3)45-40(55)37-23-48(4)13-14-49(37)43(58)35-20-32(52)22-51(35)42(34)57/h5,7-8,11-12,15,17,26-27,32-37,52H,6,9-10,13-14,16,18-24H2,1-4H3,(H,45,55)(H,46,53)(H,47,54)/t26-,27+,32-,33+,34+,35+,36+,37+/m1/s1. The molecule has 4 saturated heterocycles. The van der Waals surface area contributed by atoms with Gasteiger partial charge in [-0.25, -0.2) is 4.79 Å². The Morgan fingerprint density at radius 3 is 2.40 bits per heavy atom. The zero-order valence-electron chi connectivity index (χ0n) is 34.9. The van der Waals surface area contributed by atoms with Crippen LogP contribution in [0.1, 0.15) is 60.9 Å². The minimum atomic E-state index is -1.54. The molecule has 2 aromatic rings. The Morgan fingerprint density at radius 1 is 0.850 bits per heavy atom. The van der Waals surface area contributed by atoms with E-state index in [-0.39, 0.29) is 57.8 Å². The van der Waals surface area contributed by atoms with E-state index in [1.807, 2.05) is 68.3 Å². The first-order valence-electron chi connectivity index (χ1n) is 21.2. The molecule has 5 aliphatic rings. The zero-order chi connectivity index (χ0) is 42.8. The minimum absolute atomic E-state index is 0.0270. The van der Waals surface area contributed by atoms with Gasteiger partial charge in [0.15, 0.2) is 0 Å². The fraction of sp³-hybridized carbons (Fsp3) is 0.568. The topological polar surface area (TPSA) is 198 Å². The molecule has 4 fully saturated rings. The van der Waals surface area contributed by atoms with Crippen LogP contribution in [0.15, 0.2) is 42.5 Å². The Balaban J connectivity index is 1.19. The summed E-state index contributed by atoms with van der Waals surface area (Å²) < 4.78 is 5.77. The number of esters is 1. The lowest BCUT2D eigenvalue weighted by Crippen LogP contribution is -2.65. The first-order valence-corrected chi connectivity index (χ1v) is 21.2. The van der Waals surface area contributed by atoms with Gasteiger partial charge in [-0.15, -0.1) is 0 Å². The van der Waals surface area contributed by atoms with E-state index in [0.29, 0.717) is 6.54 Å². The fourth-order valence-corrected chi connectivity index (χ4v) is 9.38. The number of aliphatic hydroxyl groups is 1. The first kappa shape index (κ1) is 42.8. The van der Waals surface area contributed by atoms with E-state index in [1.54, 1.807) is 0 Å². The number of aryl methyl sites for hydroxylation is 3. The summed E-state index contributed by atoms with van der Waals surface area (Å²) in [4.78, 5) is 105. The Hall–Kier alpha value is -5.35. The van der Waals surface area contributed by atoms with E-state index in [0.717, 1.165) is 36.0 Å². The average molecular weight is 828 g/mol. The van der Waals surface area contributed by atoms with Crippen molar-refractivity contribution in [1.82, 2.24) is 35.6 Å². The Labute approximate surface area is 350 Å². The number of cyclic esters (lactones) is 1. The van der Waals surface area contributed by atoms with Gasteiger partial charge in [0, 0.05) is 45.6 Å². The van der Waals surface area contributed by atoms with E-state index in [4.69, 9.17) is 4.74 Å². The number of piperazine rings is 1. The summed E-state index contributed by atoms with van der Waals surface area (Å²) in [5.41, 5.74) is 5.01. The molecule has 0 unspecified atom stereocenters. The van der Waals surface area contributed by atoms with E-state index >= 15 is 0 Å². The number of amides is 6. The van der Waals surface area contributed by atoms with Gasteiger partial charge in [0.2, 0.25) is 35.4 Å². The number of carbonyl (C=O) groups is 7. The minimum Gasteiger partial charge on any atom is -0.461 e. The van der Waals surface area contributed by atoms with Gasteiger partial charge in [0.25, 0.3) is 0 Å². The second kappa shape index (κ2) is 18.1. The van der Waals surface area contributed by atoms with E-state index in [1.165, 1.54) is 32.8 Å². The molecule has 7 rings (SSSR count). The van der Waals surface area contributed by atoms with Crippen LogP contribution in [0.5, 0.6) is 0 Å². The van der Waals surface area contributed by atoms with Crippen molar-refractivity contribution in [3.8, 4) is 0 Å².